The van der Waals surface area contributed by atoms with E-state index < -0.39 is 27.9 Å². The molecule has 0 saturated heterocycles. The summed E-state index contributed by atoms with van der Waals surface area (Å²) >= 11 is 18.5. The van der Waals surface area contributed by atoms with Gasteiger partial charge in [-0.15, -0.1) is 0 Å². The summed E-state index contributed by atoms with van der Waals surface area (Å²) < 4.78 is 31.0. The van der Waals surface area contributed by atoms with Crippen molar-refractivity contribution in [2.75, 3.05) is 20.7 Å². The minimum Gasteiger partial charge on any atom is -0.466 e. The van der Waals surface area contributed by atoms with E-state index in [1.165, 1.54) is 20.2 Å². The van der Waals surface area contributed by atoms with Crippen molar-refractivity contribution in [1.29, 1.82) is 0 Å². The Hall–Kier alpha value is -1.84. The van der Waals surface area contributed by atoms with Crippen molar-refractivity contribution < 1.29 is 22.7 Å². The Morgan fingerprint density at radius 1 is 1.06 bits per heavy atom. The number of carbonyl (C=O) groups excluding carboxylic acids is 2. The molecular formula is C20H21Cl3N2O5S. The van der Waals surface area contributed by atoms with E-state index in [0.717, 1.165) is 10.4 Å². The summed E-state index contributed by atoms with van der Waals surface area (Å²) in [5.41, 5.74) is 0.379. The van der Waals surface area contributed by atoms with E-state index in [9.17, 15) is 18.0 Å². The van der Waals surface area contributed by atoms with Crippen LogP contribution in [0.1, 0.15) is 35.3 Å². The van der Waals surface area contributed by atoms with Crippen molar-refractivity contribution in [1.82, 2.24) is 9.62 Å². The normalized spacial score (nSPS) is 12.5. The van der Waals surface area contributed by atoms with Crippen molar-refractivity contribution in [3.8, 4) is 0 Å². The molecule has 11 heteroatoms. The number of amides is 1. The standard InChI is InChI=1S/C20H21Cl3N2O5S/c1-4-30-19(26)11-17(12-7-5-6-8-14(12)21)24-20(27)13-9-18(16(23)10-15(13)22)31(28,29)25(2)3/h5-10,17H,4,11H2,1-3H3,(H,24,27). The molecule has 0 spiro atoms. The van der Waals surface area contributed by atoms with E-state index in [-0.39, 0.29) is 33.5 Å². The molecule has 0 bridgehead atoms. The van der Waals surface area contributed by atoms with Gasteiger partial charge in [-0.05, 0) is 30.7 Å². The lowest BCUT2D eigenvalue weighted by molar-refractivity contribution is -0.143. The summed E-state index contributed by atoms with van der Waals surface area (Å²) in [7, 11) is -1.25. The number of nitrogens with zero attached hydrogens (tertiary/aromatic N) is 1. The second-order valence-corrected chi connectivity index (χ2v) is 9.95. The van der Waals surface area contributed by atoms with Gasteiger partial charge in [0.25, 0.3) is 5.91 Å². The highest BCUT2D eigenvalue weighted by Gasteiger charge is 2.27. The smallest absolute Gasteiger partial charge is 0.308 e. The Kier molecular flexibility index (Phi) is 8.73. The Morgan fingerprint density at radius 2 is 1.71 bits per heavy atom. The zero-order valence-corrected chi connectivity index (χ0v) is 20.1. The maximum atomic E-state index is 13.0. The summed E-state index contributed by atoms with van der Waals surface area (Å²) in [6.45, 7) is 1.85. The van der Waals surface area contributed by atoms with Crippen LogP contribution in [0, 0.1) is 0 Å². The number of benzene rings is 2. The number of sulfonamides is 1. The lowest BCUT2D eigenvalue weighted by atomic mass is 10.0. The number of esters is 1. The first-order valence-corrected chi connectivity index (χ1v) is 11.7. The summed E-state index contributed by atoms with van der Waals surface area (Å²) in [6.07, 6.45) is -0.183. The third-order valence-corrected chi connectivity index (χ3v) is 7.22. The number of rotatable bonds is 8. The van der Waals surface area contributed by atoms with Gasteiger partial charge >= 0.3 is 5.97 Å². The van der Waals surface area contributed by atoms with Gasteiger partial charge in [0.05, 0.1) is 34.7 Å². The van der Waals surface area contributed by atoms with Crippen molar-refractivity contribution in [2.45, 2.75) is 24.3 Å². The lowest BCUT2D eigenvalue weighted by Gasteiger charge is -2.21. The molecule has 0 aliphatic rings. The summed E-state index contributed by atoms with van der Waals surface area (Å²) in [5.74, 6) is -1.24. The quantitative estimate of drug-likeness (QED) is 0.537. The summed E-state index contributed by atoms with van der Waals surface area (Å²) in [6, 6.07) is 8.16. The summed E-state index contributed by atoms with van der Waals surface area (Å²) in [4.78, 5) is 24.8. The largest absolute Gasteiger partial charge is 0.466 e. The van der Waals surface area contributed by atoms with E-state index in [2.05, 4.69) is 5.32 Å². The molecule has 0 heterocycles. The Labute approximate surface area is 196 Å². The molecule has 2 rings (SSSR count). The van der Waals surface area contributed by atoms with Gasteiger partial charge in [-0.3, -0.25) is 9.59 Å². The molecule has 1 amide bonds. The molecule has 2 aromatic rings. The molecule has 0 fully saturated rings. The van der Waals surface area contributed by atoms with Crippen molar-refractivity contribution >= 4 is 56.7 Å². The highest BCUT2D eigenvalue weighted by Crippen LogP contribution is 2.31. The van der Waals surface area contributed by atoms with Crippen LogP contribution in [0.4, 0.5) is 0 Å². The van der Waals surface area contributed by atoms with Crippen LogP contribution in [0.5, 0.6) is 0 Å². The molecule has 168 valence electrons. The molecule has 0 aromatic heterocycles. The second kappa shape index (κ2) is 10.7. The second-order valence-electron chi connectivity index (χ2n) is 6.61. The maximum Gasteiger partial charge on any atom is 0.308 e. The lowest BCUT2D eigenvalue weighted by Crippen LogP contribution is -2.31. The molecule has 0 radical (unpaired) electrons. The van der Waals surface area contributed by atoms with Crippen LogP contribution in [0.25, 0.3) is 0 Å². The zero-order valence-electron chi connectivity index (χ0n) is 17.0. The van der Waals surface area contributed by atoms with Crippen molar-refractivity contribution in [3.63, 3.8) is 0 Å². The van der Waals surface area contributed by atoms with Gasteiger partial charge in [0.2, 0.25) is 10.0 Å². The predicted molar refractivity (Wildman–Crippen MR) is 120 cm³/mol. The first-order valence-electron chi connectivity index (χ1n) is 9.11. The minimum atomic E-state index is -3.93. The van der Waals surface area contributed by atoms with Crippen molar-refractivity contribution in [3.05, 3.63) is 62.6 Å². The van der Waals surface area contributed by atoms with E-state index in [0.29, 0.717) is 10.6 Å². The Bertz CT molecular complexity index is 1090. The van der Waals surface area contributed by atoms with E-state index in [1.807, 2.05) is 0 Å². The topological polar surface area (TPSA) is 92.8 Å². The van der Waals surface area contributed by atoms with Gasteiger partial charge in [-0.1, -0.05) is 53.0 Å². The van der Waals surface area contributed by atoms with Crippen LogP contribution in [0.3, 0.4) is 0 Å². The number of hydrogen-bond acceptors (Lipinski definition) is 5. The van der Waals surface area contributed by atoms with E-state index >= 15 is 0 Å². The van der Waals surface area contributed by atoms with E-state index in [4.69, 9.17) is 39.5 Å². The maximum absolute atomic E-state index is 13.0. The van der Waals surface area contributed by atoms with Crippen LogP contribution in [-0.4, -0.2) is 45.3 Å². The molecule has 1 unspecified atom stereocenters. The molecule has 1 atom stereocenters. The van der Waals surface area contributed by atoms with Crippen LogP contribution >= 0.6 is 34.8 Å². The molecule has 0 aliphatic heterocycles. The van der Waals surface area contributed by atoms with Gasteiger partial charge in [0.1, 0.15) is 4.90 Å². The highest BCUT2D eigenvalue weighted by molar-refractivity contribution is 7.89. The highest BCUT2D eigenvalue weighted by atomic mass is 35.5. The number of hydrogen-bond donors (Lipinski definition) is 1. The molecule has 2 aromatic carbocycles. The Morgan fingerprint density at radius 3 is 2.29 bits per heavy atom. The van der Waals surface area contributed by atoms with Crippen molar-refractivity contribution in [2.24, 2.45) is 0 Å². The molecule has 31 heavy (non-hydrogen) atoms. The Balaban J connectivity index is 2.46. The van der Waals surface area contributed by atoms with Gasteiger partial charge < -0.3 is 10.1 Å². The van der Waals surface area contributed by atoms with Crippen LogP contribution in [0.2, 0.25) is 15.1 Å². The zero-order chi connectivity index (χ0) is 23.3. The average molecular weight is 508 g/mol. The number of ether oxygens (including phenoxy) is 1. The number of nitrogens with one attached hydrogen (secondary N) is 1. The monoisotopic (exact) mass is 506 g/mol. The fourth-order valence-electron chi connectivity index (χ4n) is 2.72. The minimum absolute atomic E-state index is 0.0470. The van der Waals surface area contributed by atoms with Gasteiger partial charge in [0, 0.05) is 19.1 Å². The number of carbonyl (C=O) groups is 2. The van der Waals surface area contributed by atoms with E-state index in [1.54, 1.807) is 31.2 Å². The molecule has 7 nitrogen and oxygen atoms in total. The average Bonchev–Trinajstić information content (AvgIpc) is 2.67. The van der Waals surface area contributed by atoms with Gasteiger partial charge in [-0.25, -0.2) is 12.7 Å². The van der Waals surface area contributed by atoms with Gasteiger partial charge in [-0.2, -0.15) is 0 Å². The first-order chi connectivity index (χ1) is 14.5. The molecule has 0 saturated carbocycles. The SMILES string of the molecule is CCOC(=O)CC(NC(=O)c1cc(S(=O)(=O)N(C)C)c(Cl)cc1Cl)c1ccccc1Cl. The van der Waals surface area contributed by atoms with Crippen LogP contribution in [0.15, 0.2) is 41.3 Å². The predicted octanol–water partition coefficient (Wildman–Crippen LogP) is 4.32. The van der Waals surface area contributed by atoms with Gasteiger partial charge in [0.15, 0.2) is 0 Å². The summed E-state index contributed by atoms with van der Waals surface area (Å²) in [5, 5.41) is 2.86. The molecule has 0 aliphatic carbocycles. The fraction of sp³-hybridized carbons (Fsp3) is 0.300. The fourth-order valence-corrected chi connectivity index (χ4v) is 4.71. The first kappa shape index (κ1) is 25.4. The third kappa shape index (κ3) is 6.11. The number of halogens is 3. The molecular weight excluding hydrogens is 487 g/mol. The molecule has 1 N–H and O–H groups in total. The van der Waals surface area contributed by atoms with Crippen LogP contribution in [-0.2, 0) is 19.6 Å². The third-order valence-electron chi connectivity index (χ3n) is 4.29. The van der Waals surface area contributed by atoms with Crippen LogP contribution < -0.4 is 5.32 Å².